The Balaban J connectivity index is 2.19. The second kappa shape index (κ2) is 6.47. The van der Waals surface area contributed by atoms with Gasteiger partial charge in [-0.1, -0.05) is 25.8 Å². The molecule has 1 saturated heterocycles. The van der Waals surface area contributed by atoms with Gasteiger partial charge in [0, 0.05) is 18.1 Å². The number of hydrogen-bond acceptors (Lipinski definition) is 3. The average Bonchev–Trinajstić information content (AvgIpc) is 2.61. The van der Waals surface area contributed by atoms with Gasteiger partial charge in [-0.15, -0.1) is 0 Å². The third-order valence-electron chi connectivity index (χ3n) is 3.88. The summed E-state index contributed by atoms with van der Waals surface area (Å²) in [6, 6.07) is 6.98. The molecule has 0 amide bonds. The third-order valence-corrected chi connectivity index (χ3v) is 3.88. The summed E-state index contributed by atoms with van der Waals surface area (Å²) < 4.78 is 0. The number of anilines is 2. The molecule has 20 heavy (non-hydrogen) atoms. The minimum Gasteiger partial charge on any atom is -0.365 e. The lowest BCUT2D eigenvalue weighted by molar-refractivity contribution is 0.552. The Morgan fingerprint density at radius 2 is 2.05 bits per heavy atom. The fourth-order valence-corrected chi connectivity index (χ4v) is 2.94. The van der Waals surface area contributed by atoms with E-state index in [1.807, 2.05) is 0 Å². The lowest BCUT2D eigenvalue weighted by atomic mass is 10.1. The first kappa shape index (κ1) is 15.1. The number of nitrogens with one attached hydrogen (secondary N) is 1. The number of pyridine rings is 1. The molecular weight excluding hydrogens is 246 g/mol. The molecule has 1 aliphatic heterocycles. The second-order valence-corrected chi connectivity index (χ2v) is 6.86. The SMILES string of the molecule is CCC1CCCCCN1c1cccc(NC(C)(C)C)n1. The fourth-order valence-electron chi connectivity index (χ4n) is 2.94. The Hall–Kier alpha value is -1.25. The van der Waals surface area contributed by atoms with Crippen LogP contribution in [0.1, 0.15) is 59.8 Å². The van der Waals surface area contributed by atoms with Crippen molar-refractivity contribution in [2.45, 2.75) is 71.4 Å². The minimum atomic E-state index is 0.0502. The van der Waals surface area contributed by atoms with E-state index in [-0.39, 0.29) is 5.54 Å². The average molecular weight is 275 g/mol. The van der Waals surface area contributed by atoms with Crippen molar-refractivity contribution in [1.82, 2.24) is 4.98 Å². The van der Waals surface area contributed by atoms with Crippen molar-refractivity contribution in [1.29, 1.82) is 0 Å². The Morgan fingerprint density at radius 1 is 1.25 bits per heavy atom. The van der Waals surface area contributed by atoms with Gasteiger partial charge in [-0.25, -0.2) is 4.98 Å². The molecule has 3 heteroatoms. The van der Waals surface area contributed by atoms with Gasteiger partial charge in [0.15, 0.2) is 0 Å². The van der Waals surface area contributed by atoms with Crippen molar-refractivity contribution in [3.63, 3.8) is 0 Å². The van der Waals surface area contributed by atoms with E-state index in [9.17, 15) is 0 Å². The molecule has 2 rings (SSSR count). The van der Waals surface area contributed by atoms with Gasteiger partial charge in [0.2, 0.25) is 0 Å². The van der Waals surface area contributed by atoms with E-state index < -0.39 is 0 Å². The fraction of sp³-hybridized carbons (Fsp3) is 0.706. The van der Waals surface area contributed by atoms with Crippen LogP contribution < -0.4 is 10.2 Å². The van der Waals surface area contributed by atoms with E-state index in [1.165, 1.54) is 32.1 Å². The molecule has 1 aromatic heterocycles. The molecule has 0 aliphatic carbocycles. The topological polar surface area (TPSA) is 28.2 Å². The summed E-state index contributed by atoms with van der Waals surface area (Å²) in [7, 11) is 0. The van der Waals surface area contributed by atoms with Crippen molar-refractivity contribution in [2.75, 3.05) is 16.8 Å². The highest BCUT2D eigenvalue weighted by atomic mass is 15.2. The van der Waals surface area contributed by atoms with Gasteiger partial charge in [0.05, 0.1) is 0 Å². The Bertz CT molecular complexity index is 422. The van der Waals surface area contributed by atoms with Gasteiger partial charge in [0.1, 0.15) is 11.6 Å². The van der Waals surface area contributed by atoms with Crippen molar-refractivity contribution in [3.05, 3.63) is 18.2 Å². The summed E-state index contributed by atoms with van der Waals surface area (Å²) in [6.45, 7) is 9.94. The van der Waals surface area contributed by atoms with Crippen LogP contribution in [0.25, 0.3) is 0 Å². The Morgan fingerprint density at radius 3 is 2.75 bits per heavy atom. The predicted octanol–water partition coefficient (Wildman–Crippen LogP) is 4.45. The predicted molar refractivity (Wildman–Crippen MR) is 87.5 cm³/mol. The zero-order valence-electron chi connectivity index (χ0n) is 13.4. The molecule has 1 aliphatic rings. The zero-order valence-corrected chi connectivity index (χ0v) is 13.4. The summed E-state index contributed by atoms with van der Waals surface area (Å²) in [5, 5.41) is 3.47. The van der Waals surface area contributed by atoms with Crippen molar-refractivity contribution in [2.24, 2.45) is 0 Å². The van der Waals surface area contributed by atoms with E-state index in [1.54, 1.807) is 0 Å². The summed E-state index contributed by atoms with van der Waals surface area (Å²) in [5.74, 6) is 2.11. The van der Waals surface area contributed by atoms with Gasteiger partial charge in [-0.05, 0) is 52.2 Å². The first-order valence-corrected chi connectivity index (χ1v) is 8.01. The molecule has 0 spiro atoms. The molecule has 0 bridgehead atoms. The smallest absolute Gasteiger partial charge is 0.131 e. The normalized spacial score (nSPS) is 20.6. The second-order valence-electron chi connectivity index (χ2n) is 6.86. The standard InChI is InChI=1S/C17H29N3/c1-5-14-10-7-6-8-13-20(14)16-12-9-11-15(18-16)19-17(2,3)4/h9,11-12,14H,5-8,10,13H2,1-4H3,(H,18,19). The largest absolute Gasteiger partial charge is 0.365 e. The number of nitrogens with zero attached hydrogens (tertiary/aromatic N) is 2. The maximum Gasteiger partial charge on any atom is 0.131 e. The van der Waals surface area contributed by atoms with Crippen molar-refractivity contribution >= 4 is 11.6 Å². The van der Waals surface area contributed by atoms with E-state index >= 15 is 0 Å². The van der Waals surface area contributed by atoms with E-state index in [4.69, 9.17) is 4.98 Å². The first-order chi connectivity index (χ1) is 9.49. The van der Waals surface area contributed by atoms with Gasteiger partial charge in [-0.3, -0.25) is 0 Å². The van der Waals surface area contributed by atoms with Crippen LogP contribution in [0.15, 0.2) is 18.2 Å². The minimum absolute atomic E-state index is 0.0502. The van der Waals surface area contributed by atoms with Gasteiger partial charge in [0.25, 0.3) is 0 Å². The van der Waals surface area contributed by atoms with Crippen LogP contribution in [-0.4, -0.2) is 23.1 Å². The first-order valence-electron chi connectivity index (χ1n) is 8.01. The van der Waals surface area contributed by atoms with Gasteiger partial charge >= 0.3 is 0 Å². The molecule has 1 fully saturated rings. The summed E-state index contributed by atoms with van der Waals surface area (Å²) in [4.78, 5) is 7.35. The molecule has 1 unspecified atom stereocenters. The van der Waals surface area contributed by atoms with Crippen LogP contribution >= 0.6 is 0 Å². The van der Waals surface area contributed by atoms with Crippen LogP contribution in [0.3, 0.4) is 0 Å². The quantitative estimate of drug-likeness (QED) is 0.883. The molecule has 112 valence electrons. The Labute approximate surface area is 123 Å². The van der Waals surface area contributed by atoms with Crippen molar-refractivity contribution in [3.8, 4) is 0 Å². The maximum absolute atomic E-state index is 4.84. The van der Waals surface area contributed by atoms with Gasteiger partial charge < -0.3 is 10.2 Å². The highest BCUT2D eigenvalue weighted by molar-refractivity contribution is 5.48. The molecule has 3 nitrogen and oxygen atoms in total. The zero-order chi connectivity index (χ0) is 14.6. The van der Waals surface area contributed by atoms with Crippen LogP contribution in [0.5, 0.6) is 0 Å². The summed E-state index contributed by atoms with van der Waals surface area (Å²) >= 11 is 0. The summed E-state index contributed by atoms with van der Waals surface area (Å²) in [6.07, 6.45) is 6.50. The molecule has 0 aromatic carbocycles. The molecule has 2 heterocycles. The Kier molecular flexibility index (Phi) is 4.90. The van der Waals surface area contributed by atoms with Crippen LogP contribution in [0.4, 0.5) is 11.6 Å². The van der Waals surface area contributed by atoms with Crippen LogP contribution in [-0.2, 0) is 0 Å². The lowest BCUT2D eigenvalue weighted by Gasteiger charge is -2.31. The highest BCUT2D eigenvalue weighted by Gasteiger charge is 2.21. The lowest BCUT2D eigenvalue weighted by Crippen LogP contribution is -2.35. The third kappa shape index (κ3) is 4.12. The molecule has 0 saturated carbocycles. The van der Waals surface area contributed by atoms with E-state index in [0.717, 1.165) is 18.2 Å². The molecule has 0 radical (unpaired) electrons. The molecular formula is C17H29N3. The molecule has 1 N–H and O–H groups in total. The number of aromatic nitrogens is 1. The van der Waals surface area contributed by atoms with E-state index in [0.29, 0.717) is 6.04 Å². The number of hydrogen-bond donors (Lipinski definition) is 1. The molecule has 1 aromatic rings. The summed E-state index contributed by atoms with van der Waals surface area (Å²) in [5.41, 5.74) is 0.0502. The van der Waals surface area contributed by atoms with Gasteiger partial charge in [-0.2, -0.15) is 0 Å². The molecule has 1 atom stereocenters. The van der Waals surface area contributed by atoms with E-state index in [2.05, 4.69) is 56.1 Å². The monoisotopic (exact) mass is 275 g/mol. The highest BCUT2D eigenvalue weighted by Crippen LogP contribution is 2.25. The maximum atomic E-state index is 4.84. The van der Waals surface area contributed by atoms with Crippen LogP contribution in [0.2, 0.25) is 0 Å². The van der Waals surface area contributed by atoms with Crippen LogP contribution in [0, 0.1) is 0 Å². The number of rotatable bonds is 3. The van der Waals surface area contributed by atoms with Crippen molar-refractivity contribution < 1.29 is 0 Å².